The molecule has 1 aliphatic heterocycles. The van der Waals surface area contributed by atoms with E-state index in [-0.39, 0.29) is 0 Å². The lowest BCUT2D eigenvalue weighted by Crippen LogP contribution is -2.24. The molecule has 1 saturated heterocycles. The Bertz CT molecular complexity index is 339. The molecular weight excluding hydrogens is 200 g/mol. The lowest BCUT2D eigenvalue weighted by molar-refractivity contribution is 0.240. The summed E-state index contributed by atoms with van der Waals surface area (Å²) in [6, 6.07) is 7.95. The minimum atomic E-state index is 0.884. The number of methoxy groups -OCH3 is 1. The Morgan fingerprint density at radius 2 is 1.81 bits per heavy atom. The predicted octanol–water partition coefficient (Wildman–Crippen LogP) is 2.52. The number of nitrogens with zero attached hydrogens (tertiary/aromatic N) is 2. The Morgan fingerprint density at radius 1 is 1.12 bits per heavy atom. The van der Waals surface area contributed by atoms with E-state index in [9.17, 15) is 0 Å². The van der Waals surface area contributed by atoms with Gasteiger partial charge in [-0.05, 0) is 49.1 Å². The van der Waals surface area contributed by atoms with E-state index in [1.807, 2.05) is 30.5 Å². The van der Waals surface area contributed by atoms with Crippen molar-refractivity contribution in [3.8, 4) is 5.75 Å². The number of hydrazone groups is 1. The van der Waals surface area contributed by atoms with E-state index in [2.05, 4.69) is 10.1 Å². The van der Waals surface area contributed by atoms with Gasteiger partial charge in [0.2, 0.25) is 0 Å². The van der Waals surface area contributed by atoms with Gasteiger partial charge in [-0.15, -0.1) is 0 Å². The zero-order chi connectivity index (χ0) is 11.2. The lowest BCUT2D eigenvalue weighted by Gasteiger charge is -2.23. The largest absolute Gasteiger partial charge is 0.497 e. The summed E-state index contributed by atoms with van der Waals surface area (Å²) in [5.74, 6) is 0.884. The summed E-state index contributed by atoms with van der Waals surface area (Å²) in [5.41, 5.74) is 1.12. The molecule has 16 heavy (non-hydrogen) atoms. The van der Waals surface area contributed by atoms with Gasteiger partial charge in [-0.2, -0.15) is 5.10 Å². The fraction of sp³-hybridized carbons (Fsp3) is 0.462. The SMILES string of the molecule is COc1ccc(C=NN2CCCCC2)cc1. The Labute approximate surface area is 96.7 Å². The van der Waals surface area contributed by atoms with E-state index in [1.165, 1.54) is 19.3 Å². The van der Waals surface area contributed by atoms with Crippen LogP contribution in [0, 0.1) is 0 Å². The number of hydrogen-bond acceptors (Lipinski definition) is 3. The first-order valence-electron chi connectivity index (χ1n) is 5.81. The van der Waals surface area contributed by atoms with Crippen LogP contribution in [0.4, 0.5) is 0 Å². The van der Waals surface area contributed by atoms with Gasteiger partial charge in [0.15, 0.2) is 0 Å². The van der Waals surface area contributed by atoms with E-state index in [0.717, 1.165) is 24.4 Å². The molecule has 1 aromatic rings. The molecule has 3 heteroatoms. The highest BCUT2D eigenvalue weighted by Gasteiger charge is 2.05. The summed E-state index contributed by atoms with van der Waals surface area (Å²) in [5, 5.41) is 6.62. The highest BCUT2D eigenvalue weighted by molar-refractivity contribution is 5.79. The molecule has 2 rings (SSSR count). The van der Waals surface area contributed by atoms with Crippen LogP contribution < -0.4 is 4.74 Å². The van der Waals surface area contributed by atoms with Gasteiger partial charge in [0.05, 0.1) is 13.3 Å². The van der Waals surface area contributed by atoms with Crippen LogP contribution in [0.15, 0.2) is 29.4 Å². The maximum atomic E-state index is 5.11. The Balaban J connectivity index is 1.94. The highest BCUT2D eigenvalue weighted by atomic mass is 16.5. The number of hydrogen-bond donors (Lipinski definition) is 0. The van der Waals surface area contributed by atoms with Crippen molar-refractivity contribution in [1.82, 2.24) is 5.01 Å². The summed E-state index contributed by atoms with van der Waals surface area (Å²) in [4.78, 5) is 0. The topological polar surface area (TPSA) is 24.8 Å². The molecule has 0 aliphatic carbocycles. The first kappa shape index (κ1) is 11.0. The molecule has 0 radical (unpaired) electrons. The summed E-state index contributed by atoms with van der Waals surface area (Å²) in [6.45, 7) is 2.18. The third-order valence-corrected chi connectivity index (χ3v) is 2.82. The van der Waals surface area contributed by atoms with Crippen molar-refractivity contribution >= 4 is 6.21 Å². The van der Waals surface area contributed by atoms with Crippen LogP contribution in [0.3, 0.4) is 0 Å². The maximum Gasteiger partial charge on any atom is 0.118 e. The average Bonchev–Trinajstić information content (AvgIpc) is 2.38. The normalized spacial score (nSPS) is 16.7. The van der Waals surface area contributed by atoms with Crippen molar-refractivity contribution in [2.75, 3.05) is 20.2 Å². The van der Waals surface area contributed by atoms with Crippen molar-refractivity contribution in [3.63, 3.8) is 0 Å². The molecule has 0 bridgehead atoms. The zero-order valence-electron chi connectivity index (χ0n) is 9.72. The van der Waals surface area contributed by atoms with Crippen LogP contribution in [0.5, 0.6) is 5.75 Å². The minimum Gasteiger partial charge on any atom is -0.497 e. The first-order valence-corrected chi connectivity index (χ1v) is 5.81. The molecule has 0 N–H and O–H groups in total. The quantitative estimate of drug-likeness (QED) is 0.728. The molecular formula is C13H18N2O. The van der Waals surface area contributed by atoms with Crippen LogP contribution in [0.1, 0.15) is 24.8 Å². The molecule has 0 saturated carbocycles. The number of benzene rings is 1. The van der Waals surface area contributed by atoms with Gasteiger partial charge in [-0.3, -0.25) is 5.01 Å². The maximum absolute atomic E-state index is 5.11. The van der Waals surface area contributed by atoms with Gasteiger partial charge < -0.3 is 4.74 Å². The van der Waals surface area contributed by atoms with Gasteiger partial charge in [0, 0.05) is 13.1 Å². The average molecular weight is 218 g/mol. The first-order chi connectivity index (χ1) is 7.88. The molecule has 86 valence electrons. The van der Waals surface area contributed by atoms with E-state index in [0.29, 0.717) is 0 Å². The van der Waals surface area contributed by atoms with Crippen molar-refractivity contribution in [2.24, 2.45) is 5.10 Å². The number of rotatable bonds is 3. The van der Waals surface area contributed by atoms with Crippen molar-refractivity contribution < 1.29 is 4.74 Å². The molecule has 0 amide bonds. The monoisotopic (exact) mass is 218 g/mol. The smallest absolute Gasteiger partial charge is 0.118 e. The van der Waals surface area contributed by atoms with Crippen LogP contribution in [-0.2, 0) is 0 Å². The van der Waals surface area contributed by atoms with Gasteiger partial charge in [0.25, 0.3) is 0 Å². The number of ether oxygens (including phenoxy) is 1. The van der Waals surface area contributed by atoms with Crippen molar-refractivity contribution in [2.45, 2.75) is 19.3 Å². The van der Waals surface area contributed by atoms with Crippen molar-refractivity contribution in [1.29, 1.82) is 0 Å². The summed E-state index contributed by atoms with van der Waals surface area (Å²) < 4.78 is 5.11. The third-order valence-electron chi connectivity index (χ3n) is 2.82. The fourth-order valence-corrected chi connectivity index (χ4v) is 1.83. The van der Waals surface area contributed by atoms with Crippen LogP contribution >= 0.6 is 0 Å². The molecule has 1 aromatic carbocycles. The second-order valence-electron chi connectivity index (χ2n) is 4.03. The predicted molar refractivity (Wildman–Crippen MR) is 66.0 cm³/mol. The molecule has 3 nitrogen and oxygen atoms in total. The second kappa shape index (κ2) is 5.54. The Morgan fingerprint density at radius 3 is 2.44 bits per heavy atom. The molecule has 0 atom stereocenters. The molecule has 0 aromatic heterocycles. The van der Waals surface area contributed by atoms with Gasteiger partial charge >= 0.3 is 0 Å². The molecule has 0 spiro atoms. The van der Waals surface area contributed by atoms with Gasteiger partial charge in [-0.1, -0.05) is 0 Å². The standard InChI is InChI=1S/C13H18N2O/c1-16-13-7-5-12(6-8-13)11-14-15-9-3-2-4-10-15/h5-8,11H,2-4,9-10H2,1H3. The summed E-state index contributed by atoms with van der Waals surface area (Å²) in [7, 11) is 1.68. The van der Waals surface area contributed by atoms with E-state index in [4.69, 9.17) is 4.74 Å². The molecule has 1 heterocycles. The Kier molecular flexibility index (Phi) is 3.81. The Hall–Kier alpha value is -1.51. The van der Waals surface area contributed by atoms with E-state index >= 15 is 0 Å². The van der Waals surface area contributed by atoms with Crippen molar-refractivity contribution in [3.05, 3.63) is 29.8 Å². The van der Waals surface area contributed by atoms with E-state index < -0.39 is 0 Å². The molecule has 0 unspecified atom stereocenters. The molecule has 1 aliphatic rings. The molecule has 1 fully saturated rings. The third kappa shape index (κ3) is 2.99. The lowest BCUT2D eigenvalue weighted by atomic mass is 10.2. The van der Waals surface area contributed by atoms with Gasteiger partial charge in [-0.25, -0.2) is 0 Å². The van der Waals surface area contributed by atoms with Crippen LogP contribution in [-0.4, -0.2) is 31.4 Å². The summed E-state index contributed by atoms with van der Waals surface area (Å²) >= 11 is 0. The second-order valence-corrected chi connectivity index (χ2v) is 4.03. The minimum absolute atomic E-state index is 0.884. The highest BCUT2D eigenvalue weighted by Crippen LogP contribution is 2.11. The fourth-order valence-electron chi connectivity index (χ4n) is 1.83. The zero-order valence-corrected chi connectivity index (χ0v) is 9.72. The van der Waals surface area contributed by atoms with Crippen LogP contribution in [0.2, 0.25) is 0 Å². The summed E-state index contributed by atoms with van der Waals surface area (Å²) in [6.07, 6.45) is 5.79. The number of piperidine rings is 1. The van der Waals surface area contributed by atoms with Crippen LogP contribution in [0.25, 0.3) is 0 Å². The van der Waals surface area contributed by atoms with E-state index in [1.54, 1.807) is 7.11 Å². The van der Waals surface area contributed by atoms with Gasteiger partial charge in [0.1, 0.15) is 5.75 Å².